The lowest BCUT2D eigenvalue weighted by Gasteiger charge is -2.13. The predicted molar refractivity (Wildman–Crippen MR) is 84.9 cm³/mol. The predicted octanol–water partition coefficient (Wildman–Crippen LogP) is 2.54. The van der Waals surface area contributed by atoms with E-state index >= 15 is 0 Å². The van der Waals surface area contributed by atoms with Crippen LogP contribution in [0.4, 0.5) is 0 Å². The molecule has 0 saturated heterocycles. The van der Waals surface area contributed by atoms with E-state index in [0.717, 1.165) is 24.8 Å². The average molecular weight is 280 g/mol. The van der Waals surface area contributed by atoms with Crippen LogP contribution in [0, 0.1) is 0 Å². The number of nitrogens with one attached hydrogen (secondary N) is 2. The van der Waals surface area contributed by atoms with Gasteiger partial charge in [-0.2, -0.15) is 0 Å². The number of allylic oxidation sites excluding steroid dienone is 4. The van der Waals surface area contributed by atoms with Crippen LogP contribution in [0.5, 0.6) is 0 Å². The zero-order valence-electron chi connectivity index (χ0n) is 11.6. The minimum Gasteiger partial charge on any atom is -0.392 e. The first-order valence-electron chi connectivity index (χ1n) is 6.61. The molecule has 0 fully saturated rings. The zero-order chi connectivity index (χ0) is 14.1. The average Bonchev–Trinajstić information content (AvgIpc) is 2.85. The third-order valence-corrected chi connectivity index (χ3v) is 4.15. The molecule has 1 heterocycles. The first-order valence-corrected chi connectivity index (χ1v) is 7.49. The van der Waals surface area contributed by atoms with E-state index in [2.05, 4.69) is 23.8 Å². The summed E-state index contributed by atoms with van der Waals surface area (Å²) >= 11 is 1.80. The van der Waals surface area contributed by atoms with Crippen LogP contribution in [0.25, 0.3) is 0 Å². The summed E-state index contributed by atoms with van der Waals surface area (Å²) in [5.74, 6) is 0. The fourth-order valence-corrected chi connectivity index (χ4v) is 2.93. The first kappa shape index (κ1) is 16.1. The maximum absolute atomic E-state index is 9.63. The van der Waals surface area contributed by atoms with E-state index in [-0.39, 0.29) is 6.10 Å². The van der Waals surface area contributed by atoms with E-state index in [1.54, 1.807) is 17.8 Å². The van der Waals surface area contributed by atoms with Crippen molar-refractivity contribution in [3.8, 4) is 0 Å². The van der Waals surface area contributed by atoms with Crippen molar-refractivity contribution in [1.29, 1.82) is 0 Å². The summed E-state index contributed by atoms with van der Waals surface area (Å²) in [5, 5.41) is 16.4. The van der Waals surface area contributed by atoms with Crippen LogP contribution < -0.4 is 10.6 Å². The van der Waals surface area contributed by atoms with Gasteiger partial charge in [0.15, 0.2) is 0 Å². The number of rotatable bonds is 9. The molecule has 2 atom stereocenters. The Bertz CT molecular complexity index is 363. The van der Waals surface area contributed by atoms with Gasteiger partial charge in [-0.25, -0.2) is 0 Å². The van der Waals surface area contributed by atoms with Gasteiger partial charge in [-0.15, -0.1) is 0 Å². The second kappa shape index (κ2) is 9.02. The Morgan fingerprint density at radius 2 is 2.47 bits per heavy atom. The van der Waals surface area contributed by atoms with Gasteiger partial charge in [-0.3, -0.25) is 0 Å². The van der Waals surface area contributed by atoms with Crippen molar-refractivity contribution in [1.82, 2.24) is 10.6 Å². The number of hydrogen-bond acceptors (Lipinski definition) is 4. The SMILES string of the molecule is C=C/C=C\C(=C)C1=CNC(CCCC(O)CNC)S1. The third kappa shape index (κ3) is 6.14. The van der Waals surface area contributed by atoms with Crippen molar-refractivity contribution in [2.24, 2.45) is 0 Å². The van der Waals surface area contributed by atoms with Crippen molar-refractivity contribution < 1.29 is 5.11 Å². The van der Waals surface area contributed by atoms with E-state index in [1.165, 1.54) is 4.91 Å². The highest BCUT2D eigenvalue weighted by Crippen LogP contribution is 2.33. The molecule has 2 unspecified atom stereocenters. The van der Waals surface area contributed by atoms with Gasteiger partial charge in [0, 0.05) is 17.6 Å². The molecule has 1 rings (SSSR count). The molecule has 0 aromatic rings. The Morgan fingerprint density at radius 1 is 1.68 bits per heavy atom. The van der Waals surface area contributed by atoms with Gasteiger partial charge < -0.3 is 15.7 Å². The molecular formula is C15H24N2OS. The van der Waals surface area contributed by atoms with Crippen LogP contribution in [-0.4, -0.2) is 30.2 Å². The fraction of sp³-hybridized carbons (Fsp3) is 0.467. The molecule has 0 amide bonds. The Kier molecular flexibility index (Phi) is 7.63. The molecule has 3 N–H and O–H groups in total. The maximum Gasteiger partial charge on any atom is 0.0765 e. The normalized spacial score (nSPS) is 20.1. The topological polar surface area (TPSA) is 44.3 Å². The molecule has 0 bridgehead atoms. The van der Waals surface area contributed by atoms with E-state index in [1.807, 2.05) is 25.4 Å². The second-order valence-electron chi connectivity index (χ2n) is 4.54. The summed E-state index contributed by atoms with van der Waals surface area (Å²) in [4.78, 5) is 1.18. The zero-order valence-corrected chi connectivity index (χ0v) is 12.4. The minimum absolute atomic E-state index is 0.241. The maximum atomic E-state index is 9.63. The molecule has 0 aliphatic carbocycles. The quantitative estimate of drug-likeness (QED) is 0.568. The molecule has 3 nitrogen and oxygen atoms in total. The molecule has 19 heavy (non-hydrogen) atoms. The van der Waals surface area contributed by atoms with Crippen molar-refractivity contribution in [2.75, 3.05) is 13.6 Å². The fourth-order valence-electron chi connectivity index (χ4n) is 1.84. The van der Waals surface area contributed by atoms with Crippen LogP contribution in [0.2, 0.25) is 0 Å². The molecule has 1 aliphatic heterocycles. The monoisotopic (exact) mass is 280 g/mol. The first-order chi connectivity index (χ1) is 9.17. The molecule has 0 radical (unpaired) electrons. The summed E-state index contributed by atoms with van der Waals surface area (Å²) in [5.41, 5.74) is 1.01. The molecule has 106 valence electrons. The highest BCUT2D eigenvalue weighted by Gasteiger charge is 2.18. The molecule has 0 aromatic heterocycles. The van der Waals surface area contributed by atoms with Crippen molar-refractivity contribution in [3.63, 3.8) is 0 Å². The standard InChI is InChI=1S/C15H24N2OS/c1-4-5-7-12(2)14-11-17-15(19-14)9-6-8-13(18)10-16-3/h4-5,7,11,13,15-18H,1-2,6,8-10H2,3H3/b7-5-. The summed E-state index contributed by atoms with van der Waals surface area (Å²) in [6, 6.07) is 0. The lowest BCUT2D eigenvalue weighted by Crippen LogP contribution is -2.24. The van der Waals surface area contributed by atoms with Gasteiger partial charge in [-0.05, 0) is 31.9 Å². The van der Waals surface area contributed by atoms with Gasteiger partial charge in [0.2, 0.25) is 0 Å². The Hall–Kier alpha value is -0.970. The van der Waals surface area contributed by atoms with E-state index in [4.69, 9.17) is 0 Å². The lowest BCUT2D eigenvalue weighted by molar-refractivity contribution is 0.160. The molecule has 0 spiro atoms. The molecular weight excluding hydrogens is 256 g/mol. The minimum atomic E-state index is -0.241. The number of likely N-dealkylation sites (N-methyl/N-ethyl adjacent to an activating group) is 1. The van der Waals surface area contributed by atoms with Crippen LogP contribution in [0.1, 0.15) is 19.3 Å². The molecule has 1 aliphatic rings. The summed E-state index contributed by atoms with van der Waals surface area (Å²) in [6.07, 6.45) is 10.3. The van der Waals surface area contributed by atoms with Gasteiger partial charge in [0.05, 0.1) is 11.5 Å². The van der Waals surface area contributed by atoms with Gasteiger partial charge in [-0.1, -0.05) is 43.1 Å². The van der Waals surface area contributed by atoms with Crippen molar-refractivity contribution in [3.05, 3.63) is 48.1 Å². The number of thioether (sulfide) groups is 1. The van der Waals surface area contributed by atoms with Crippen LogP contribution in [0.15, 0.2) is 48.1 Å². The Labute approximate surface area is 120 Å². The summed E-state index contributed by atoms with van der Waals surface area (Å²) in [7, 11) is 1.86. The van der Waals surface area contributed by atoms with Crippen LogP contribution in [-0.2, 0) is 0 Å². The Morgan fingerprint density at radius 3 is 3.16 bits per heavy atom. The molecule has 0 aromatic carbocycles. The Balaban J connectivity index is 2.22. The third-order valence-electron chi connectivity index (χ3n) is 2.86. The lowest BCUT2D eigenvalue weighted by atomic mass is 10.1. The van der Waals surface area contributed by atoms with Gasteiger partial charge >= 0.3 is 0 Å². The van der Waals surface area contributed by atoms with Gasteiger partial charge in [0.25, 0.3) is 0 Å². The summed E-state index contributed by atoms with van der Waals surface area (Å²) < 4.78 is 0. The van der Waals surface area contributed by atoms with Crippen LogP contribution >= 0.6 is 11.8 Å². The highest BCUT2D eigenvalue weighted by atomic mass is 32.2. The van der Waals surface area contributed by atoms with E-state index < -0.39 is 0 Å². The number of hydrogen-bond donors (Lipinski definition) is 3. The molecule has 0 saturated carbocycles. The highest BCUT2D eigenvalue weighted by molar-refractivity contribution is 8.04. The number of aliphatic hydroxyl groups excluding tert-OH is 1. The van der Waals surface area contributed by atoms with Crippen LogP contribution in [0.3, 0.4) is 0 Å². The van der Waals surface area contributed by atoms with Crippen molar-refractivity contribution in [2.45, 2.75) is 30.7 Å². The smallest absolute Gasteiger partial charge is 0.0765 e. The van der Waals surface area contributed by atoms with E-state index in [0.29, 0.717) is 11.9 Å². The summed E-state index contributed by atoms with van der Waals surface area (Å²) in [6.45, 7) is 8.34. The second-order valence-corrected chi connectivity index (χ2v) is 5.79. The van der Waals surface area contributed by atoms with Gasteiger partial charge in [0.1, 0.15) is 0 Å². The van der Waals surface area contributed by atoms with Crippen molar-refractivity contribution >= 4 is 11.8 Å². The number of aliphatic hydroxyl groups is 1. The molecule has 4 heteroatoms. The largest absolute Gasteiger partial charge is 0.392 e. The van der Waals surface area contributed by atoms with E-state index in [9.17, 15) is 5.11 Å².